The Balaban J connectivity index is 1.54. The van der Waals surface area contributed by atoms with Crippen molar-refractivity contribution in [3.8, 4) is 0 Å². The van der Waals surface area contributed by atoms with Gasteiger partial charge in [0.15, 0.2) is 0 Å². The largest absolute Gasteiger partial charge is 0.315 e. The number of aromatic amines is 1. The van der Waals surface area contributed by atoms with Crippen molar-refractivity contribution >= 4 is 22.3 Å². The number of rotatable bonds is 6. The zero-order chi connectivity index (χ0) is 17.9. The van der Waals surface area contributed by atoms with Crippen LogP contribution in [-0.2, 0) is 13.0 Å². The maximum atomic E-state index is 4.71. The number of aryl methyl sites for hydroxylation is 2. The van der Waals surface area contributed by atoms with E-state index in [9.17, 15) is 0 Å². The maximum absolute atomic E-state index is 4.71. The number of aromatic nitrogens is 6. The van der Waals surface area contributed by atoms with E-state index in [-0.39, 0.29) is 0 Å². The zero-order valence-electron chi connectivity index (χ0n) is 14.9. The van der Waals surface area contributed by atoms with Crippen LogP contribution in [0.5, 0.6) is 0 Å². The Morgan fingerprint density at radius 3 is 3.04 bits per heavy atom. The fraction of sp³-hybridized carbons (Fsp3) is 0.471. The minimum atomic E-state index is 0.293. The van der Waals surface area contributed by atoms with Crippen LogP contribution >= 0.6 is 11.3 Å². The molecule has 4 heterocycles. The Labute approximate surface area is 156 Å². The summed E-state index contributed by atoms with van der Waals surface area (Å²) in [5, 5.41) is 20.5. The molecule has 3 aromatic heterocycles. The molecule has 0 radical (unpaired) electrons. The third kappa shape index (κ3) is 3.73. The van der Waals surface area contributed by atoms with E-state index in [1.807, 2.05) is 19.1 Å². The molecular formula is C17H22N8S. The van der Waals surface area contributed by atoms with Crippen molar-refractivity contribution in [2.45, 2.75) is 45.7 Å². The summed E-state index contributed by atoms with van der Waals surface area (Å²) in [5.41, 5.74) is 2.18. The summed E-state index contributed by atoms with van der Waals surface area (Å²) < 4.78 is 0. The molecule has 0 aliphatic carbocycles. The van der Waals surface area contributed by atoms with E-state index in [1.165, 1.54) is 6.42 Å². The van der Waals surface area contributed by atoms with Gasteiger partial charge in [-0.3, -0.25) is 10.00 Å². The molecule has 1 aliphatic rings. The minimum Gasteiger partial charge on any atom is -0.315 e. The smallest absolute Gasteiger partial charge is 0.211 e. The first-order valence-electron chi connectivity index (χ1n) is 8.88. The van der Waals surface area contributed by atoms with Gasteiger partial charge in [0, 0.05) is 24.5 Å². The van der Waals surface area contributed by atoms with Crippen LogP contribution in [0, 0.1) is 6.92 Å². The second kappa shape index (κ2) is 7.46. The number of nitrogens with zero attached hydrogens (tertiary/aromatic N) is 6. The summed E-state index contributed by atoms with van der Waals surface area (Å²) in [5.74, 6) is 1.54. The minimum absolute atomic E-state index is 0.293. The number of likely N-dealkylation sites (tertiary alicyclic amines) is 1. The van der Waals surface area contributed by atoms with Gasteiger partial charge < -0.3 is 5.32 Å². The molecule has 136 valence electrons. The van der Waals surface area contributed by atoms with Crippen LogP contribution in [0.15, 0.2) is 18.3 Å². The first-order valence-corrected chi connectivity index (χ1v) is 9.70. The standard InChI is InChI=1S/C17H22N8S/c1-3-16-23-24-17(26-16)21-15-9-13(19-11(2)20-15)14-5-4-8-25(14)10-12-6-7-18-22-12/h6-7,9,14H,3-5,8,10H2,1-2H3,(H,18,22)(H,19,20,21,24). The second-order valence-corrected chi connectivity index (χ2v) is 7.48. The SMILES string of the molecule is CCc1nnc(Nc2cc(C3CCCN3Cc3ccn[nH]3)nc(C)n2)s1. The summed E-state index contributed by atoms with van der Waals surface area (Å²) in [7, 11) is 0. The first kappa shape index (κ1) is 17.0. The van der Waals surface area contributed by atoms with Gasteiger partial charge in [0.25, 0.3) is 0 Å². The molecule has 0 amide bonds. The van der Waals surface area contributed by atoms with E-state index >= 15 is 0 Å². The molecule has 8 nitrogen and oxygen atoms in total. The van der Waals surface area contributed by atoms with E-state index < -0.39 is 0 Å². The molecule has 2 N–H and O–H groups in total. The summed E-state index contributed by atoms with van der Waals surface area (Å²) in [6.45, 7) is 5.92. The Morgan fingerprint density at radius 1 is 1.35 bits per heavy atom. The number of hydrogen-bond acceptors (Lipinski definition) is 8. The lowest BCUT2D eigenvalue weighted by Gasteiger charge is -2.23. The van der Waals surface area contributed by atoms with Gasteiger partial charge in [-0.1, -0.05) is 18.3 Å². The summed E-state index contributed by atoms with van der Waals surface area (Å²) in [6, 6.07) is 4.35. The number of hydrogen-bond donors (Lipinski definition) is 2. The van der Waals surface area contributed by atoms with Gasteiger partial charge in [-0.15, -0.1) is 10.2 Å². The van der Waals surface area contributed by atoms with Crippen molar-refractivity contribution in [1.82, 2.24) is 35.3 Å². The molecule has 0 saturated carbocycles. The van der Waals surface area contributed by atoms with Crippen molar-refractivity contribution in [2.24, 2.45) is 0 Å². The molecule has 0 spiro atoms. The van der Waals surface area contributed by atoms with Crippen LogP contribution in [0.25, 0.3) is 0 Å². The lowest BCUT2D eigenvalue weighted by Crippen LogP contribution is -2.24. The second-order valence-electron chi connectivity index (χ2n) is 6.42. The molecule has 1 fully saturated rings. The highest BCUT2D eigenvalue weighted by Gasteiger charge is 2.28. The van der Waals surface area contributed by atoms with Gasteiger partial charge in [-0.2, -0.15) is 5.10 Å². The monoisotopic (exact) mass is 370 g/mol. The van der Waals surface area contributed by atoms with Gasteiger partial charge in [0.05, 0.1) is 11.7 Å². The molecule has 1 atom stereocenters. The Bertz CT molecular complexity index is 860. The lowest BCUT2D eigenvalue weighted by molar-refractivity contribution is 0.241. The third-order valence-corrected chi connectivity index (χ3v) is 5.48. The van der Waals surface area contributed by atoms with E-state index in [2.05, 4.69) is 42.5 Å². The van der Waals surface area contributed by atoms with E-state index in [0.29, 0.717) is 6.04 Å². The Morgan fingerprint density at radius 2 is 2.27 bits per heavy atom. The molecule has 1 aliphatic heterocycles. The summed E-state index contributed by atoms with van der Waals surface area (Å²) in [6.07, 6.45) is 4.95. The van der Waals surface area contributed by atoms with Gasteiger partial charge in [-0.25, -0.2) is 9.97 Å². The van der Waals surface area contributed by atoms with E-state index in [4.69, 9.17) is 4.98 Å². The molecule has 9 heteroatoms. The fourth-order valence-corrected chi connectivity index (χ4v) is 4.01. The molecule has 4 rings (SSSR count). The highest BCUT2D eigenvalue weighted by Crippen LogP contribution is 2.33. The summed E-state index contributed by atoms with van der Waals surface area (Å²) in [4.78, 5) is 11.7. The average Bonchev–Trinajstić information content (AvgIpc) is 3.36. The third-order valence-electron chi connectivity index (χ3n) is 4.50. The van der Waals surface area contributed by atoms with Crippen LogP contribution in [0.3, 0.4) is 0 Å². The van der Waals surface area contributed by atoms with Gasteiger partial charge in [0.2, 0.25) is 5.13 Å². The topological polar surface area (TPSA) is 95.5 Å². The van der Waals surface area contributed by atoms with Crippen molar-refractivity contribution in [3.63, 3.8) is 0 Å². The van der Waals surface area contributed by atoms with Crippen molar-refractivity contribution < 1.29 is 0 Å². The van der Waals surface area contributed by atoms with Crippen LogP contribution < -0.4 is 5.32 Å². The molecular weight excluding hydrogens is 348 g/mol. The Hall–Kier alpha value is -2.39. The maximum Gasteiger partial charge on any atom is 0.211 e. The van der Waals surface area contributed by atoms with Gasteiger partial charge in [0.1, 0.15) is 16.6 Å². The highest BCUT2D eigenvalue weighted by atomic mass is 32.1. The normalized spacial score (nSPS) is 17.7. The molecule has 1 saturated heterocycles. The van der Waals surface area contributed by atoms with Crippen molar-refractivity contribution in [1.29, 1.82) is 0 Å². The molecule has 0 bridgehead atoms. The molecule has 26 heavy (non-hydrogen) atoms. The quantitative estimate of drug-likeness (QED) is 0.688. The van der Waals surface area contributed by atoms with Crippen molar-refractivity contribution in [2.75, 3.05) is 11.9 Å². The lowest BCUT2D eigenvalue weighted by atomic mass is 10.1. The number of anilines is 2. The van der Waals surface area contributed by atoms with Crippen LogP contribution in [0.2, 0.25) is 0 Å². The van der Waals surface area contributed by atoms with Gasteiger partial charge in [-0.05, 0) is 38.8 Å². The Kier molecular flexibility index (Phi) is 4.89. The van der Waals surface area contributed by atoms with Crippen molar-refractivity contribution in [3.05, 3.63) is 40.5 Å². The van der Waals surface area contributed by atoms with Gasteiger partial charge >= 0.3 is 0 Å². The van der Waals surface area contributed by atoms with Crippen LogP contribution in [0.4, 0.5) is 10.9 Å². The number of nitrogens with one attached hydrogen (secondary N) is 2. The average molecular weight is 370 g/mol. The predicted molar refractivity (Wildman–Crippen MR) is 100 cm³/mol. The zero-order valence-corrected chi connectivity index (χ0v) is 15.8. The molecule has 0 aromatic carbocycles. The summed E-state index contributed by atoms with van der Waals surface area (Å²) >= 11 is 1.56. The van der Waals surface area contributed by atoms with Crippen LogP contribution in [-0.4, -0.2) is 41.8 Å². The molecule has 1 unspecified atom stereocenters. The van der Waals surface area contributed by atoms with E-state index in [1.54, 1.807) is 17.5 Å². The number of H-pyrrole nitrogens is 1. The van der Waals surface area contributed by atoms with Crippen LogP contribution in [0.1, 0.15) is 48.0 Å². The van der Waals surface area contributed by atoms with E-state index in [0.717, 1.165) is 59.1 Å². The molecule has 3 aromatic rings. The fourth-order valence-electron chi connectivity index (χ4n) is 3.32. The predicted octanol–water partition coefficient (Wildman–Crippen LogP) is 3.00. The highest BCUT2D eigenvalue weighted by molar-refractivity contribution is 7.15. The first-order chi connectivity index (χ1) is 12.7.